The normalized spacial score (nSPS) is 10.6. The Morgan fingerprint density at radius 2 is 1.61 bits per heavy atom. The zero-order valence-electron chi connectivity index (χ0n) is 12.0. The van der Waals surface area contributed by atoms with Crippen molar-refractivity contribution in [3.8, 4) is 11.5 Å². The molecule has 0 saturated carbocycles. The maximum atomic E-state index is 6.09. The van der Waals surface area contributed by atoms with Crippen LogP contribution in [0.1, 0.15) is 26.7 Å². The van der Waals surface area contributed by atoms with Crippen LogP contribution in [0.3, 0.4) is 0 Å². The van der Waals surface area contributed by atoms with Crippen molar-refractivity contribution in [1.82, 2.24) is 0 Å². The standard InChI is InChI=1S/C14H24N2O2/c1-6-10(7-2)16(3)12-9-14(18-5)13(17-4)8-11(12)15/h8-10H,6-7,15H2,1-5H3. The summed E-state index contributed by atoms with van der Waals surface area (Å²) < 4.78 is 10.6. The number of nitrogen functional groups attached to an aromatic ring is 1. The Bertz CT molecular complexity index is 390. The van der Waals surface area contributed by atoms with E-state index in [2.05, 4.69) is 25.8 Å². The molecular formula is C14H24N2O2. The van der Waals surface area contributed by atoms with E-state index in [-0.39, 0.29) is 0 Å². The van der Waals surface area contributed by atoms with E-state index in [0.717, 1.165) is 18.5 Å². The highest BCUT2D eigenvalue weighted by atomic mass is 16.5. The second-order valence-electron chi connectivity index (χ2n) is 4.35. The molecule has 1 aromatic rings. The maximum absolute atomic E-state index is 6.09. The van der Waals surface area contributed by atoms with Crippen molar-refractivity contribution in [3.05, 3.63) is 12.1 Å². The highest BCUT2D eigenvalue weighted by molar-refractivity contribution is 5.73. The van der Waals surface area contributed by atoms with Crippen LogP contribution in [0.4, 0.5) is 11.4 Å². The molecular weight excluding hydrogens is 228 g/mol. The smallest absolute Gasteiger partial charge is 0.162 e. The van der Waals surface area contributed by atoms with Gasteiger partial charge in [0.1, 0.15) is 0 Å². The molecule has 0 bridgehead atoms. The summed E-state index contributed by atoms with van der Waals surface area (Å²) in [6, 6.07) is 4.23. The second-order valence-corrected chi connectivity index (χ2v) is 4.35. The Hall–Kier alpha value is -1.58. The van der Waals surface area contributed by atoms with Crippen LogP contribution >= 0.6 is 0 Å². The van der Waals surface area contributed by atoms with Gasteiger partial charge in [-0.05, 0) is 12.8 Å². The van der Waals surface area contributed by atoms with E-state index in [1.807, 2.05) is 12.1 Å². The fourth-order valence-corrected chi connectivity index (χ4v) is 2.22. The summed E-state index contributed by atoms with van der Waals surface area (Å²) in [4.78, 5) is 2.21. The van der Waals surface area contributed by atoms with Gasteiger partial charge in [-0.2, -0.15) is 0 Å². The first-order chi connectivity index (χ1) is 8.58. The Morgan fingerprint density at radius 3 is 2.06 bits per heavy atom. The molecule has 1 aromatic carbocycles. The van der Waals surface area contributed by atoms with Gasteiger partial charge in [-0.1, -0.05) is 13.8 Å². The largest absolute Gasteiger partial charge is 0.493 e. The lowest BCUT2D eigenvalue weighted by atomic mass is 10.1. The number of nitrogens with zero attached hydrogens (tertiary/aromatic N) is 1. The van der Waals surface area contributed by atoms with E-state index in [9.17, 15) is 0 Å². The van der Waals surface area contributed by atoms with Crippen molar-refractivity contribution in [2.75, 3.05) is 31.9 Å². The fraction of sp³-hybridized carbons (Fsp3) is 0.571. The van der Waals surface area contributed by atoms with E-state index in [1.54, 1.807) is 14.2 Å². The van der Waals surface area contributed by atoms with Crippen LogP contribution in [0.2, 0.25) is 0 Å². The molecule has 0 aliphatic heterocycles. The number of hydrogen-bond donors (Lipinski definition) is 1. The number of rotatable bonds is 6. The lowest BCUT2D eigenvalue weighted by molar-refractivity contribution is 0.355. The van der Waals surface area contributed by atoms with Crippen molar-refractivity contribution >= 4 is 11.4 Å². The molecule has 0 aliphatic rings. The van der Waals surface area contributed by atoms with Gasteiger partial charge in [0, 0.05) is 25.2 Å². The number of hydrogen-bond acceptors (Lipinski definition) is 4. The number of nitrogens with two attached hydrogens (primary N) is 1. The molecule has 1 rings (SSSR count). The predicted molar refractivity (Wildman–Crippen MR) is 76.7 cm³/mol. The van der Waals surface area contributed by atoms with E-state index < -0.39 is 0 Å². The minimum Gasteiger partial charge on any atom is -0.493 e. The Morgan fingerprint density at radius 1 is 1.11 bits per heavy atom. The van der Waals surface area contributed by atoms with Crippen molar-refractivity contribution in [2.24, 2.45) is 0 Å². The lowest BCUT2D eigenvalue weighted by Gasteiger charge is -2.30. The summed E-state index contributed by atoms with van der Waals surface area (Å²) in [5, 5.41) is 0. The van der Waals surface area contributed by atoms with Crippen molar-refractivity contribution < 1.29 is 9.47 Å². The molecule has 0 aromatic heterocycles. The molecule has 0 aliphatic carbocycles. The van der Waals surface area contributed by atoms with Crippen molar-refractivity contribution in [2.45, 2.75) is 32.7 Å². The molecule has 0 fully saturated rings. The number of ether oxygens (including phenoxy) is 2. The first kappa shape index (κ1) is 14.5. The van der Waals surface area contributed by atoms with Gasteiger partial charge >= 0.3 is 0 Å². The summed E-state index contributed by atoms with van der Waals surface area (Å²) in [6.07, 6.45) is 2.17. The topological polar surface area (TPSA) is 47.7 Å². The van der Waals surface area contributed by atoms with Crippen LogP contribution in [0, 0.1) is 0 Å². The molecule has 0 unspecified atom stereocenters. The minimum absolute atomic E-state index is 0.477. The first-order valence-electron chi connectivity index (χ1n) is 6.33. The zero-order chi connectivity index (χ0) is 13.7. The van der Waals surface area contributed by atoms with E-state index >= 15 is 0 Å². The maximum Gasteiger partial charge on any atom is 0.162 e. The van der Waals surface area contributed by atoms with Crippen molar-refractivity contribution in [1.29, 1.82) is 0 Å². The van der Waals surface area contributed by atoms with Crippen LogP contribution in [0.25, 0.3) is 0 Å². The molecule has 0 spiro atoms. The molecule has 2 N–H and O–H groups in total. The summed E-state index contributed by atoms with van der Waals surface area (Å²) in [5.41, 5.74) is 7.79. The van der Waals surface area contributed by atoms with Gasteiger partial charge in [-0.3, -0.25) is 0 Å². The third kappa shape index (κ3) is 2.81. The summed E-state index contributed by atoms with van der Waals surface area (Å²) >= 11 is 0. The molecule has 4 nitrogen and oxygen atoms in total. The molecule has 18 heavy (non-hydrogen) atoms. The quantitative estimate of drug-likeness (QED) is 0.791. The van der Waals surface area contributed by atoms with E-state index in [4.69, 9.17) is 15.2 Å². The summed E-state index contributed by atoms with van der Waals surface area (Å²) in [7, 11) is 5.31. The molecule has 0 heterocycles. The third-order valence-electron chi connectivity index (χ3n) is 3.40. The van der Waals surface area contributed by atoms with Crippen LogP contribution < -0.4 is 20.1 Å². The molecule has 102 valence electrons. The van der Waals surface area contributed by atoms with Gasteiger partial charge in [0.05, 0.1) is 25.6 Å². The molecule has 0 amide bonds. The Labute approximate surface area is 110 Å². The SMILES string of the molecule is CCC(CC)N(C)c1cc(OC)c(OC)cc1N. The van der Waals surface area contributed by atoms with Gasteiger partial charge in [0.2, 0.25) is 0 Å². The van der Waals surface area contributed by atoms with Gasteiger partial charge in [-0.15, -0.1) is 0 Å². The average molecular weight is 252 g/mol. The number of methoxy groups -OCH3 is 2. The van der Waals surface area contributed by atoms with Crippen LogP contribution in [0.5, 0.6) is 11.5 Å². The van der Waals surface area contributed by atoms with Gasteiger partial charge < -0.3 is 20.1 Å². The minimum atomic E-state index is 0.477. The highest BCUT2D eigenvalue weighted by Crippen LogP contribution is 2.37. The number of anilines is 2. The highest BCUT2D eigenvalue weighted by Gasteiger charge is 2.16. The zero-order valence-corrected chi connectivity index (χ0v) is 12.0. The summed E-state index contributed by atoms with van der Waals surface area (Å²) in [6.45, 7) is 4.36. The monoisotopic (exact) mass is 252 g/mol. The Kier molecular flexibility index (Phi) is 5.13. The van der Waals surface area contributed by atoms with Crippen LogP contribution in [-0.4, -0.2) is 27.3 Å². The second kappa shape index (κ2) is 6.38. The third-order valence-corrected chi connectivity index (χ3v) is 3.40. The number of benzene rings is 1. The lowest BCUT2D eigenvalue weighted by Crippen LogP contribution is -2.30. The first-order valence-corrected chi connectivity index (χ1v) is 6.33. The fourth-order valence-electron chi connectivity index (χ4n) is 2.22. The van der Waals surface area contributed by atoms with Gasteiger partial charge in [0.15, 0.2) is 11.5 Å². The molecule has 4 heteroatoms. The van der Waals surface area contributed by atoms with Crippen LogP contribution in [-0.2, 0) is 0 Å². The molecule has 0 saturated heterocycles. The van der Waals surface area contributed by atoms with Crippen LogP contribution in [0.15, 0.2) is 12.1 Å². The van der Waals surface area contributed by atoms with E-state index in [1.165, 1.54) is 0 Å². The molecule has 0 atom stereocenters. The predicted octanol–water partition coefficient (Wildman–Crippen LogP) is 2.91. The van der Waals surface area contributed by atoms with Crippen molar-refractivity contribution in [3.63, 3.8) is 0 Å². The molecule has 0 radical (unpaired) electrons. The Balaban J connectivity index is 3.16. The van der Waals surface area contributed by atoms with Gasteiger partial charge in [-0.25, -0.2) is 0 Å². The van der Waals surface area contributed by atoms with Gasteiger partial charge in [0.25, 0.3) is 0 Å². The van der Waals surface area contributed by atoms with E-state index in [0.29, 0.717) is 23.2 Å². The average Bonchev–Trinajstić information content (AvgIpc) is 2.39. The summed E-state index contributed by atoms with van der Waals surface area (Å²) in [5.74, 6) is 1.37.